The predicted octanol–water partition coefficient (Wildman–Crippen LogP) is 1.80. The van der Waals surface area contributed by atoms with Crippen molar-refractivity contribution in [3.63, 3.8) is 0 Å². The molecule has 4 heteroatoms. The van der Waals surface area contributed by atoms with Gasteiger partial charge in [0.1, 0.15) is 5.82 Å². The third-order valence-corrected chi connectivity index (χ3v) is 3.01. The molecular formula is C17H17ClN2O. The highest BCUT2D eigenvalue weighted by Gasteiger charge is 2.09. The minimum absolute atomic E-state index is 0.0890. The largest absolute Gasteiger partial charge is 0.268 e. The lowest BCUT2D eigenvalue weighted by Crippen LogP contribution is -2.47. The molecule has 0 saturated heterocycles. The summed E-state index contributed by atoms with van der Waals surface area (Å²) in [6, 6.07) is 0. The molecule has 0 N–H and O–H groups in total. The summed E-state index contributed by atoms with van der Waals surface area (Å²) < 4.78 is 1.45. The molecule has 3 nitrogen and oxygen atoms in total. The van der Waals surface area contributed by atoms with E-state index in [9.17, 15) is 4.79 Å². The maximum Gasteiger partial charge on any atom is 0.265 e. The zero-order valence-electron chi connectivity index (χ0n) is 12.1. The normalized spacial score (nSPS) is 13.7. The number of terminal acetylenes is 1. The molecule has 0 saturated carbocycles. The second-order valence-electron chi connectivity index (χ2n) is 4.02. The van der Waals surface area contributed by atoms with Gasteiger partial charge in [0.2, 0.25) is 0 Å². The van der Waals surface area contributed by atoms with E-state index in [1.165, 1.54) is 10.6 Å². The third-order valence-electron chi connectivity index (χ3n) is 2.77. The Morgan fingerprint density at radius 3 is 2.71 bits per heavy atom. The molecule has 1 aromatic rings. The van der Waals surface area contributed by atoms with Gasteiger partial charge in [0, 0.05) is 11.8 Å². The lowest BCUT2D eigenvalue weighted by Gasteiger charge is -2.11. The Labute approximate surface area is 129 Å². The van der Waals surface area contributed by atoms with Crippen LogP contribution in [0.5, 0.6) is 0 Å². The van der Waals surface area contributed by atoms with Gasteiger partial charge in [0.15, 0.2) is 0 Å². The molecule has 0 atom stereocenters. The smallest absolute Gasteiger partial charge is 0.265 e. The molecule has 1 heterocycles. The monoisotopic (exact) mass is 300 g/mol. The van der Waals surface area contributed by atoms with Crippen molar-refractivity contribution in [2.45, 2.75) is 19.7 Å². The maximum atomic E-state index is 12.7. The number of halogens is 1. The lowest BCUT2D eigenvalue weighted by molar-refractivity contribution is 0.852. The summed E-state index contributed by atoms with van der Waals surface area (Å²) in [4.78, 5) is 17.0. The zero-order valence-corrected chi connectivity index (χ0v) is 12.9. The molecule has 0 bridgehead atoms. The van der Waals surface area contributed by atoms with Gasteiger partial charge >= 0.3 is 0 Å². The molecule has 0 amide bonds. The van der Waals surface area contributed by atoms with Gasteiger partial charge in [-0.25, -0.2) is 4.98 Å². The molecule has 0 fully saturated rings. The molecule has 0 aliphatic rings. The van der Waals surface area contributed by atoms with Crippen LogP contribution >= 0.6 is 11.6 Å². The van der Waals surface area contributed by atoms with Crippen molar-refractivity contribution in [3.8, 4) is 12.3 Å². The highest BCUT2D eigenvalue weighted by molar-refractivity contribution is 6.16. The van der Waals surface area contributed by atoms with E-state index in [1.807, 2.05) is 19.1 Å². The Morgan fingerprint density at radius 2 is 2.24 bits per heavy atom. The molecule has 0 spiro atoms. The number of allylic oxidation sites excluding steroid dienone is 5. The molecule has 21 heavy (non-hydrogen) atoms. The first-order valence-corrected chi connectivity index (χ1v) is 6.94. The Morgan fingerprint density at radius 1 is 1.52 bits per heavy atom. The number of alkyl halides is 1. The van der Waals surface area contributed by atoms with Crippen molar-refractivity contribution >= 4 is 29.5 Å². The van der Waals surface area contributed by atoms with E-state index in [1.54, 1.807) is 25.2 Å². The first-order valence-electron chi connectivity index (χ1n) is 6.40. The molecule has 108 valence electrons. The number of hydrogen-bond acceptors (Lipinski definition) is 2. The SMILES string of the molecule is C#C/C=c1/nc(CCl)n(/C(C=C)=C/C=C\C)c(=O)/c1=C/C. The van der Waals surface area contributed by atoms with Crippen LogP contribution in [0.2, 0.25) is 0 Å². The van der Waals surface area contributed by atoms with Crippen molar-refractivity contribution < 1.29 is 0 Å². The quantitative estimate of drug-likeness (QED) is 0.483. The fourth-order valence-corrected chi connectivity index (χ4v) is 2.02. The maximum absolute atomic E-state index is 12.7. The van der Waals surface area contributed by atoms with Crippen molar-refractivity contribution in [3.05, 3.63) is 57.6 Å². The number of aromatic nitrogens is 2. The van der Waals surface area contributed by atoms with Crippen LogP contribution in [0, 0.1) is 12.3 Å². The van der Waals surface area contributed by atoms with Crippen LogP contribution in [-0.4, -0.2) is 9.55 Å². The average Bonchev–Trinajstić information content (AvgIpc) is 2.49. The van der Waals surface area contributed by atoms with Crippen LogP contribution in [0.25, 0.3) is 17.8 Å². The van der Waals surface area contributed by atoms with E-state index in [4.69, 9.17) is 18.0 Å². The van der Waals surface area contributed by atoms with Gasteiger partial charge in [-0.15, -0.1) is 18.0 Å². The first kappa shape index (κ1) is 16.7. The number of rotatable bonds is 4. The molecule has 0 radical (unpaired) electrons. The summed E-state index contributed by atoms with van der Waals surface area (Å²) in [7, 11) is 0. The minimum atomic E-state index is -0.222. The van der Waals surface area contributed by atoms with Gasteiger partial charge in [-0.1, -0.05) is 30.7 Å². The Hall–Kier alpha value is -2.31. The molecule has 0 aliphatic carbocycles. The molecule has 1 aromatic heterocycles. The molecule has 1 rings (SSSR count). The van der Waals surface area contributed by atoms with E-state index in [2.05, 4.69) is 17.5 Å². The van der Waals surface area contributed by atoms with E-state index in [0.717, 1.165) is 0 Å². The predicted molar refractivity (Wildman–Crippen MR) is 90.0 cm³/mol. The van der Waals surface area contributed by atoms with Gasteiger partial charge in [-0.3, -0.25) is 9.36 Å². The zero-order chi connectivity index (χ0) is 15.8. The van der Waals surface area contributed by atoms with E-state index in [-0.39, 0.29) is 11.4 Å². The van der Waals surface area contributed by atoms with Crippen molar-refractivity contribution in [1.82, 2.24) is 9.55 Å². The van der Waals surface area contributed by atoms with Crippen molar-refractivity contribution in [2.75, 3.05) is 0 Å². The first-order chi connectivity index (χ1) is 10.1. The lowest BCUT2D eigenvalue weighted by atomic mass is 10.3. The highest BCUT2D eigenvalue weighted by Crippen LogP contribution is 2.06. The minimum Gasteiger partial charge on any atom is -0.268 e. The Bertz CT molecular complexity index is 805. The summed E-state index contributed by atoms with van der Waals surface area (Å²) in [5.41, 5.74) is 0.386. The van der Waals surface area contributed by atoms with Gasteiger partial charge in [0.05, 0.1) is 16.4 Å². The summed E-state index contributed by atoms with van der Waals surface area (Å²) in [6.07, 6.45) is 15.5. The number of nitrogens with zero attached hydrogens (tertiary/aromatic N) is 2. The second kappa shape index (κ2) is 8.08. The van der Waals surface area contributed by atoms with Crippen LogP contribution in [0.15, 0.2) is 35.7 Å². The third kappa shape index (κ3) is 3.62. The highest BCUT2D eigenvalue weighted by atomic mass is 35.5. The summed E-state index contributed by atoms with van der Waals surface area (Å²) in [6.45, 7) is 7.39. The van der Waals surface area contributed by atoms with Gasteiger partial charge in [-0.2, -0.15) is 0 Å². The number of hydrogen-bond donors (Lipinski definition) is 0. The van der Waals surface area contributed by atoms with E-state index in [0.29, 0.717) is 22.1 Å². The Balaban J connectivity index is 3.94. The van der Waals surface area contributed by atoms with Crippen LogP contribution < -0.4 is 16.1 Å². The second-order valence-corrected chi connectivity index (χ2v) is 4.29. The summed E-state index contributed by atoms with van der Waals surface area (Å²) in [5.74, 6) is 2.90. The Kier molecular flexibility index (Phi) is 6.45. The fraction of sp³-hybridized carbons (Fsp3) is 0.176. The standard InChI is InChI=1S/C17H17ClN2O/c1-5-9-11-13(7-3)20-16(12-18)19-15(10-6-2)14(8-4)17(20)21/h2,5,7-11H,3,12H2,1,4H3/b9-5-,13-11+,14-8+,15-10+. The van der Waals surface area contributed by atoms with Gasteiger partial charge in [0.25, 0.3) is 5.56 Å². The van der Waals surface area contributed by atoms with E-state index < -0.39 is 0 Å². The van der Waals surface area contributed by atoms with Crippen LogP contribution in [0.1, 0.15) is 19.7 Å². The van der Waals surface area contributed by atoms with Crippen molar-refractivity contribution in [2.24, 2.45) is 0 Å². The fourth-order valence-electron chi connectivity index (χ4n) is 1.84. The molecule has 0 aliphatic heterocycles. The summed E-state index contributed by atoms with van der Waals surface area (Å²) >= 11 is 5.93. The van der Waals surface area contributed by atoms with Crippen molar-refractivity contribution in [1.29, 1.82) is 0 Å². The van der Waals surface area contributed by atoms with Crippen LogP contribution in [-0.2, 0) is 5.88 Å². The summed E-state index contributed by atoms with van der Waals surface area (Å²) in [5, 5.41) is 0.890. The topological polar surface area (TPSA) is 34.9 Å². The van der Waals surface area contributed by atoms with E-state index >= 15 is 0 Å². The molecule has 0 aromatic carbocycles. The molecular weight excluding hydrogens is 284 g/mol. The molecule has 0 unspecified atom stereocenters. The van der Waals surface area contributed by atoms with Crippen LogP contribution in [0.4, 0.5) is 0 Å². The average molecular weight is 301 g/mol. The van der Waals surface area contributed by atoms with Gasteiger partial charge < -0.3 is 0 Å². The van der Waals surface area contributed by atoms with Crippen LogP contribution in [0.3, 0.4) is 0 Å². The van der Waals surface area contributed by atoms with Gasteiger partial charge in [-0.05, 0) is 26.0 Å².